The van der Waals surface area contributed by atoms with Gasteiger partial charge in [-0.05, 0) is 39.0 Å². The summed E-state index contributed by atoms with van der Waals surface area (Å²) in [5.41, 5.74) is 3.51. The van der Waals surface area contributed by atoms with Crippen LogP contribution in [0, 0.1) is 12.7 Å². The number of aromatic nitrogens is 4. The fourth-order valence-corrected chi connectivity index (χ4v) is 4.42. The monoisotopic (exact) mass is 421 g/mol. The van der Waals surface area contributed by atoms with Crippen LogP contribution in [-0.4, -0.2) is 50.7 Å². The maximum Gasteiger partial charge on any atom is 0.257 e. The molecule has 0 bridgehead atoms. The molecule has 0 spiro atoms. The number of amides is 1. The van der Waals surface area contributed by atoms with Crippen LogP contribution < -0.4 is 15.5 Å². The molecular formula is C22H24FN7O. The van der Waals surface area contributed by atoms with Crippen LogP contribution in [0.2, 0.25) is 0 Å². The van der Waals surface area contributed by atoms with E-state index in [0.717, 1.165) is 29.7 Å². The highest BCUT2D eigenvalue weighted by molar-refractivity contribution is 6.10. The molecule has 4 aromatic rings. The van der Waals surface area contributed by atoms with E-state index >= 15 is 0 Å². The first-order chi connectivity index (χ1) is 14.9. The van der Waals surface area contributed by atoms with Crippen molar-refractivity contribution in [2.24, 2.45) is 0 Å². The van der Waals surface area contributed by atoms with Crippen molar-refractivity contribution in [3.05, 3.63) is 53.9 Å². The fraction of sp³-hybridized carbons (Fsp3) is 0.318. The van der Waals surface area contributed by atoms with Crippen molar-refractivity contribution in [2.45, 2.75) is 32.9 Å². The Bertz CT molecular complexity index is 1280. The van der Waals surface area contributed by atoms with E-state index < -0.39 is 11.7 Å². The number of nitrogens with zero attached hydrogens (tertiary/aromatic N) is 4. The number of anilines is 2. The van der Waals surface area contributed by atoms with Crippen LogP contribution >= 0.6 is 0 Å². The molecule has 1 amide bonds. The Morgan fingerprint density at radius 3 is 2.77 bits per heavy atom. The van der Waals surface area contributed by atoms with Gasteiger partial charge in [-0.25, -0.2) is 9.37 Å². The van der Waals surface area contributed by atoms with Gasteiger partial charge in [0.05, 0.1) is 28.7 Å². The van der Waals surface area contributed by atoms with Crippen LogP contribution in [0.5, 0.6) is 0 Å². The molecule has 1 aromatic carbocycles. The summed E-state index contributed by atoms with van der Waals surface area (Å²) >= 11 is 0. The average Bonchev–Trinajstić information content (AvgIpc) is 3.34. The molecule has 0 unspecified atom stereocenters. The van der Waals surface area contributed by atoms with Gasteiger partial charge in [0, 0.05) is 48.6 Å². The van der Waals surface area contributed by atoms with Crippen LogP contribution in [0.3, 0.4) is 0 Å². The molecule has 9 heteroatoms. The number of nitrogens with one attached hydrogen (secondary N) is 3. The molecule has 0 saturated carbocycles. The number of aromatic amines is 1. The van der Waals surface area contributed by atoms with Gasteiger partial charge < -0.3 is 19.9 Å². The molecule has 5 rings (SSSR count). The molecule has 1 fully saturated rings. The van der Waals surface area contributed by atoms with E-state index in [-0.39, 0.29) is 11.2 Å². The lowest BCUT2D eigenvalue weighted by Crippen LogP contribution is -2.54. The zero-order chi connectivity index (χ0) is 21.7. The number of rotatable bonds is 3. The highest BCUT2D eigenvalue weighted by Crippen LogP contribution is 2.32. The Morgan fingerprint density at radius 2 is 2.00 bits per heavy atom. The summed E-state index contributed by atoms with van der Waals surface area (Å²) in [7, 11) is 0. The van der Waals surface area contributed by atoms with Crippen LogP contribution in [0.1, 0.15) is 29.9 Å². The predicted molar refractivity (Wildman–Crippen MR) is 118 cm³/mol. The van der Waals surface area contributed by atoms with Gasteiger partial charge >= 0.3 is 0 Å². The van der Waals surface area contributed by atoms with Gasteiger partial charge in [-0.1, -0.05) is 0 Å². The third kappa shape index (κ3) is 3.50. The molecule has 31 heavy (non-hydrogen) atoms. The Balaban J connectivity index is 1.46. The highest BCUT2D eigenvalue weighted by atomic mass is 19.1. The van der Waals surface area contributed by atoms with Crippen molar-refractivity contribution < 1.29 is 9.18 Å². The number of carbonyl (C=O) groups is 1. The third-order valence-corrected chi connectivity index (χ3v) is 5.63. The van der Waals surface area contributed by atoms with Gasteiger partial charge in [-0.3, -0.25) is 9.89 Å². The van der Waals surface area contributed by atoms with E-state index in [4.69, 9.17) is 0 Å². The summed E-state index contributed by atoms with van der Waals surface area (Å²) < 4.78 is 15.9. The van der Waals surface area contributed by atoms with E-state index in [1.54, 1.807) is 25.5 Å². The molecule has 1 aliphatic rings. The molecular weight excluding hydrogens is 397 g/mol. The molecule has 8 nitrogen and oxygen atoms in total. The van der Waals surface area contributed by atoms with Gasteiger partial charge in [0.25, 0.3) is 5.91 Å². The number of pyridine rings is 1. The van der Waals surface area contributed by atoms with Crippen LogP contribution in [0.4, 0.5) is 15.8 Å². The number of fused-ring (bicyclic) bond motifs is 2. The summed E-state index contributed by atoms with van der Waals surface area (Å²) in [5, 5.41) is 14.6. The van der Waals surface area contributed by atoms with Crippen LogP contribution in [0.15, 0.2) is 36.8 Å². The Kier molecular flexibility index (Phi) is 4.62. The van der Waals surface area contributed by atoms with Gasteiger partial charge in [0.2, 0.25) is 0 Å². The average molecular weight is 421 g/mol. The van der Waals surface area contributed by atoms with Gasteiger partial charge in [-0.2, -0.15) is 5.10 Å². The summed E-state index contributed by atoms with van der Waals surface area (Å²) in [5.74, 6) is -0.940. The third-order valence-electron chi connectivity index (χ3n) is 5.63. The van der Waals surface area contributed by atoms with Gasteiger partial charge in [-0.15, -0.1) is 0 Å². The zero-order valence-corrected chi connectivity index (χ0v) is 17.6. The molecule has 0 aliphatic carbocycles. The van der Waals surface area contributed by atoms with E-state index in [9.17, 15) is 9.18 Å². The maximum atomic E-state index is 14.4. The molecule has 160 valence electrons. The van der Waals surface area contributed by atoms with Crippen molar-refractivity contribution in [3.63, 3.8) is 0 Å². The minimum Gasteiger partial charge on any atom is -0.368 e. The van der Waals surface area contributed by atoms with Crippen molar-refractivity contribution in [2.75, 3.05) is 23.3 Å². The van der Waals surface area contributed by atoms with E-state index in [1.165, 1.54) is 10.5 Å². The van der Waals surface area contributed by atoms with Gasteiger partial charge in [0.15, 0.2) is 11.5 Å². The number of H-pyrrole nitrogens is 1. The molecule has 0 radical (unpaired) electrons. The lowest BCUT2D eigenvalue weighted by molar-refractivity contribution is 0.102. The number of benzene rings is 1. The van der Waals surface area contributed by atoms with Crippen molar-refractivity contribution in [3.8, 4) is 0 Å². The highest BCUT2D eigenvalue weighted by Gasteiger charge is 2.24. The fourth-order valence-electron chi connectivity index (χ4n) is 4.42. The minimum atomic E-state index is -0.537. The molecule has 1 saturated heterocycles. The Labute approximate surface area is 178 Å². The first-order valence-electron chi connectivity index (χ1n) is 10.3. The first-order valence-corrected chi connectivity index (χ1v) is 10.3. The van der Waals surface area contributed by atoms with Crippen molar-refractivity contribution in [1.29, 1.82) is 0 Å². The molecule has 1 aliphatic heterocycles. The molecule has 4 heterocycles. The summed E-state index contributed by atoms with van der Waals surface area (Å²) in [6.45, 7) is 7.89. The first kappa shape index (κ1) is 19.5. The van der Waals surface area contributed by atoms with Crippen molar-refractivity contribution in [1.82, 2.24) is 24.9 Å². The van der Waals surface area contributed by atoms with E-state index in [0.29, 0.717) is 23.5 Å². The lowest BCUT2D eigenvalue weighted by atomic mass is 10.1. The second-order valence-electron chi connectivity index (χ2n) is 8.31. The molecule has 3 N–H and O–H groups in total. The summed E-state index contributed by atoms with van der Waals surface area (Å²) in [6, 6.07) is 5.82. The molecule has 3 aromatic heterocycles. The zero-order valence-electron chi connectivity index (χ0n) is 17.6. The maximum absolute atomic E-state index is 14.4. The Hall–Kier alpha value is -3.46. The van der Waals surface area contributed by atoms with E-state index in [2.05, 4.69) is 44.6 Å². The molecule has 2 atom stereocenters. The minimum absolute atomic E-state index is 0.203. The normalized spacial score (nSPS) is 19.3. The van der Waals surface area contributed by atoms with Crippen molar-refractivity contribution >= 4 is 33.8 Å². The number of imidazole rings is 1. The Morgan fingerprint density at radius 1 is 1.23 bits per heavy atom. The number of carbonyl (C=O) groups excluding carboxylic acids is 1. The largest absolute Gasteiger partial charge is 0.368 e. The van der Waals surface area contributed by atoms with Gasteiger partial charge in [0.1, 0.15) is 0 Å². The standard InChI is InChI=1S/C22H24FN7O/c1-12-8-29(9-13(2)25-12)19-5-4-18(20-16(19)7-24-28-20)27-22(31)15-6-17(23)21-26-14(3)10-30(21)11-15/h4-7,10-13,25H,8-9H2,1-3H3,(H,24,28)(H,27,31)/t12-,13+. The topological polar surface area (TPSA) is 90.4 Å². The number of halogens is 1. The number of aryl methyl sites for hydroxylation is 1. The van der Waals surface area contributed by atoms with Crippen LogP contribution in [0.25, 0.3) is 16.6 Å². The lowest BCUT2D eigenvalue weighted by Gasteiger charge is -2.38. The number of hydrogen-bond acceptors (Lipinski definition) is 5. The SMILES string of the molecule is Cc1cn2cc(C(=O)Nc3ccc(N4C[C@@H](C)N[C@@H](C)C4)c4cn[nH]c34)cc(F)c2n1. The summed E-state index contributed by atoms with van der Waals surface area (Å²) in [4.78, 5) is 19.4. The second kappa shape index (κ2) is 7.35. The van der Waals surface area contributed by atoms with E-state index in [1.807, 2.05) is 12.1 Å². The summed E-state index contributed by atoms with van der Waals surface area (Å²) in [6.07, 6.45) is 5.04. The second-order valence-corrected chi connectivity index (χ2v) is 8.31. The smallest absolute Gasteiger partial charge is 0.257 e. The quantitative estimate of drug-likeness (QED) is 0.473. The predicted octanol–water partition coefficient (Wildman–Crippen LogP) is 3.10. The van der Waals surface area contributed by atoms with Crippen LogP contribution in [-0.2, 0) is 0 Å². The number of hydrogen-bond donors (Lipinski definition) is 3. The number of piperazine rings is 1.